The molecule has 5 heteroatoms. The highest BCUT2D eigenvalue weighted by atomic mass is 32.1. The Morgan fingerprint density at radius 2 is 0.821 bits per heavy atom. The molecule has 0 fully saturated rings. The topological polar surface area (TPSA) is 43.6 Å². The highest BCUT2D eigenvalue weighted by molar-refractivity contribution is 7.26. The molecule has 0 unspecified atom stereocenters. The summed E-state index contributed by atoms with van der Waals surface area (Å²) in [7, 11) is 0. The first-order valence-corrected chi connectivity index (χ1v) is 19.6. The molecule has 0 aliphatic carbocycles. The van der Waals surface area contributed by atoms with Gasteiger partial charge < -0.3 is 4.57 Å². The van der Waals surface area contributed by atoms with Crippen LogP contribution >= 0.6 is 11.3 Å². The van der Waals surface area contributed by atoms with Crippen molar-refractivity contribution in [3.8, 4) is 62.1 Å². The Morgan fingerprint density at radius 1 is 0.321 bits per heavy atom. The van der Waals surface area contributed by atoms with E-state index < -0.39 is 0 Å². The number of benzene rings is 8. The zero-order valence-electron chi connectivity index (χ0n) is 30.2. The van der Waals surface area contributed by atoms with E-state index in [1.807, 2.05) is 6.07 Å². The van der Waals surface area contributed by atoms with Crippen LogP contribution in [0.1, 0.15) is 0 Å². The van der Waals surface area contributed by atoms with E-state index in [4.69, 9.17) is 15.0 Å². The van der Waals surface area contributed by atoms with Crippen molar-refractivity contribution in [2.24, 2.45) is 0 Å². The Morgan fingerprint density at radius 3 is 1.54 bits per heavy atom. The molecule has 0 saturated carbocycles. The van der Waals surface area contributed by atoms with Crippen molar-refractivity contribution in [1.82, 2.24) is 19.5 Å². The Kier molecular flexibility index (Phi) is 7.64. The first-order chi connectivity index (χ1) is 27.8. The molecule has 11 aromatic rings. The van der Waals surface area contributed by atoms with Gasteiger partial charge in [0.05, 0.1) is 11.0 Å². The molecule has 3 heterocycles. The van der Waals surface area contributed by atoms with E-state index in [1.54, 1.807) is 11.3 Å². The molecule has 3 aromatic heterocycles. The van der Waals surface area contributed by atoms with Gasteiger partial charge in [0.1, 0.15) is 0 Å². The Balaban J connectivity index is 1.01. The molecule has 0 aliphatic heterocycles. The molecule has 11 rings (SSSR count). The van der Waals surface area contributed by atoms with E-state index >= 15 is 0 Å². The van der Waals surface area contributed by atoms with Crippen LogP contribution in [-0.2, 0) is 0 Å². The minimum Gasteiger partial charge on any atom is -0.309 e. The summed E-state index contributed by atoms with van der Waals surface area (Å²) in [5.74, 6) is 1.95. The monoisotopic (exact) mass is 732 g/mol. The molecule has 0 N–H and O–H groups in total. The molecule has 0 radical (unpaired) electrons. The lowest BCUT2D eigenvalue weighted by Gasteiger charge is -2.13. The van der Waals surface area contributed by atoms with Crippen LogP contribution in [0, 0.1) is 0 Å². The van der Waals surface area contributed by atoms with Crippen molar-refractivity contribution >= 4 is 53.3 Å². The van der Waals surface area contributed by atoms with Crippen LogP contribution in [0.25, 0.3) is 104 Å². The fraction of sp³-hybridized carbons (Fsp3) is 0. The van der Waals surface area contributed by atoms with E-state index in [2.05, 4.69) is 193 Å². The molecule has 4 nitrogen and oxygen atoms in total. The normalized spacial score (nSPS) is 11.6. The van der Waals surface area contributed by atoms with E-state index in [1.165, 1.54) is 42.0 Å². The maximum atomic E-state index is 5.22. The Hall–Kier alpha value is -7.21. The van der Waals surface area contributed by atoms with Crippen molar-refractivity contribution < 1.29 is 0 Å². The lowest BCUT2D eigenvalue weighted by atomic mass is 9.99. The quantitative estimate of drug-likeness (QED) is 0.171. The van der Waals surface area contributed by atoms with Crippen molar-refractivity contribution in [3.05, 3.63) is 194 Å². The van der Waals surface area contributed by atoms with Gasteiger partial charge >= 0.3 is 0 Å². The molecular formula is C51H32N4S. The fourth-order valence-electron chi connectivity index (χ4n) is 8.03. The summed E-state index contributed by atoms with van der Waals surface area (Å²) < 4.78 is 4.77. The molecule has 0 atom stereocenters. The molecule has 0 amide bonds. The van der Waals surface area contributed by atoms with Crippen LogP contribution in [0.5, 0.6) is 0 Å². The average Bonchev–Trinajstić information content (AvgIpc) is 3.83. The van der Waals surface area contributed by atoms with Crippen LogP contribution in [0.3, 0.4) is 0 Å². The van der Waals surface area contributed by atoms with Gasteiger partial charge in [-0.15, -0.1) is 11.3 Å². The van der Waals surface area contributed by atoms with Gasteiger partial charge in [-0.2, -0.15) is 0 Å². The average molecular weight is 733 g/mol. The van der Waals surface area contributed by atoms with Gasteiger partial charge in [0, 0.05) is 53.3 Å². The van der Waals surface area contributed by atoms with E-state index in [0.717, 1.165) is 44.6 Å². The van der Waals surface area contributed by atoms with Crippen LogP contribution in [0.15, 0.2) is 194 Å². The number of thiophene rings is 1. The van der Waals surface area contributed by atoms with E-state index in [9.17, 15) is 0 Å². The molecule has 8 aromatic carbocycles. The Bertz CT molecular complexity index is 3180. The number of para-hydroxylation sites is 2. The SMILES string of the molecule is c1ccc(-c2ccccc2-c2nc(-c3ccc(-c4ccc(-n5c6ccccc6c6ccccc65)cc4)cc3)nc(-c3cccc4c3sc3ccccc34)n2)cc1. The minimum absolute atomic E-state index is 0.638. The second-order valence-electron chi connectivity index (χ2n) is 14.0. The molecule has 0 bridgehead atoms. The zero-order valence-corrected chi connectivity index (χ0v) is 31.0. The summed E-state index contributed by atoms with van der Waals surface area (Å²) >= 11 is 1.78. The summed E-state index contributed by atoms with van der Waals surface area (Å²) in [6.45, 7) is 0. The van der Waals surface area contributed by atoms with E-state index in [-0.39, 0.29) is 0 Å². The zero-order chi connectivity index (χ0) is 37.0. The van der Waals surface area contributed by atoms with Crippen LogP contribution in [0.2, 0.25) is 0 Å². The van der Waals surface area contributed by atoms with E-state index in [0.29, 0.717) is 17.5 Å². The van der Waals surface area contributed by atoms with Crippen molar-refractivity contribution in [3.63, 3.8) is 0 Å². The highest BCUT2D eigenvalue weighted by Crippen LogP contribution is 2.40. The van der Waals surface area contributed by atoms with Gasteiger partial charge in [0.25, 0.3) is 0 Å². The second-order valence-corrected chi connectivity index (χ2v) is 15.0. The van der Waals surface area contributed by atoms with Crippen molar-refractivity contribution in [1.29, 1.82) is 0 Å². The minimum atomic E-state index is 0.638. The third-order valence-corrected chi connectivity index (χ3v) is 11.9. The van der Waals surface area contributed by atoms with Crippen molar-refractivity contribution in [2.45, 2.75) is 0 Å². The number of fused-ring (bicyclic) bond motifs is 6. The first-order valence-electron chi connectivity index (χ1n) is 18.8. The summed E-state index contributed by atoms with van der Waals surface area (Å²) in [6, 6.07) is 68.5. The third-order valence-electron chi connectivity index (χ3n) is 10.7. The highest BCUT2D eigenvalue weighted by Gasteiger charge is 2.19. The standard InChI is InChI=1S/C51H32N4S/c1-2-13-35(14-3-1)38-15-4-5-19-43(38)50-52-49(53-51(54-50)44-21-12-20-42-41-18-8-11-24-47(41)56-48(42)44)36-27-25-33(26-28-36)34-29-31-37(32-30-34)55-45-22-9-6-16-39(45)40-17-7-10-23-46(40)55/h1-32H. The van der Waals surface area contributed by atoms with Gasteiger partial charge in [-0.25, -0.2) is 15.0 Å². The van der Waals surface area contributed by atoms with Gasteiger partial charge in [-0.1, -0.05) is 158 Å². The second kappa shape index (κ2) is 13.3. The molecule has 0 aliphatic rings. The largest absolute Gasteiger partial charge is 0.309 e. The van der Waals surface area contributed by atoms with Crippen LogP contribution in [0.4, 0.5) is 0 Å². The molecule has 0 saturated heterocycles. The molecule has 56 heavy (non-hydrogen) atoms. The van der Waals surface area contributed by atoms with Gasteiger partial charge in [-0.3, -0.25) is 0 Å². The lowest BCUT2D eigenvalue weighted by Crippen LogP contribution is -2.01. The van der Waals surface area contributed by atoms with Crippen molar-refractivity contribution in [2.75, 3.05) is 0 Å². The molecule has 262 valence electrons. The summed E-state index contributed by atoms with van der Waals surface area (Å²) in [6.07, 6.45) is 0. The number of hydrogen-bond donors (Lipinski definition) is 0. The van der Waals surface area contributed by atoms with Gasteiger partial charge in [0.15, 0.2) is 17.5 Å². The van der Waals surface area contributed by atoms with Crippen LogP contribution in [-0.4, -0.2) is 19.5 Å². The predicted molar refractivity (Wildman–Crippen MR) is 234 cm³/mol. The first kappa shape index (κ1) is 32.2. The number of rotatable bonds is 6. The number of nitrogens with zero attached hydrogens (tertiary/aromatic N) is 4. The smallest absolute Gasteiger partial charge is 0.165 e. The van der Waals surface area contributed by atoms with Gasteiger partial charge in [-0.05, 0) is 58.7 Å². The third kappa shape index (κ3) is 5.40. The maximum Gasteiger partial charge on any atom is 0.165 e. The summed E-state index contributed by atoms with van der Waals surface area (Å²) in [5, 5.41) is 4.98. The Labute approximate surface area is 327 Å². The number of aromatic nitrogens is 4. The predicted octanol–water partition coefficient (Wildman–Crippen LogP) is 13.7. The molecule has 0 spiro atoms. The number of hydrogen-bond acceptors (Lipinski definition) is 4. The van der Waals surface area contributed by atoms with Gasteiger partial charge in [0.2, 0.25) is 0 Å². The van der Waals surface area contributed by atoms with Crippen LogP contribution < -0.4 is 0 Å². The lowest BCUT2D eigenvalue weighted by molar-refractivity contribution is 1.08. The summed E-state index contributed by atoms with van der Waals surface area (Å²) in [5.41, 5.74) is 10.9. The molecular weight excluding hydrogens is 701 g/mol. The summed E-state index contributed by atoms with van der Waals surface area (Å²) in [4.78, 5) is 15.6. The fourth-order valence-corrected chi connectivity index (χ4v) is 9.24. The maximum absolute atomic E-state index is 5.22.